The average molecular weight is 311 g/mol. The van der Waals surface area contributed by atoms with Gasteiger partial charge in [0.25, 0.3) is 5.91 Å². The van der Waals surface area contributed by atoms with E-state index in [4.69, 9.17) is 10.3 Å². The third kappa shape index (κ3) is 2.75. The SMILES string of the molecule is [N-]=[N+]=NCCCN1C(=O)COc2ccc(Br)cc21. The van der Waals surface area contributed by atoms with E-state index < -0.39 is 0 Å². The van der Waals surface area contributed by atoms with E-state index in [2.05, 4.69) is 26.0 Å². The van der Waals surface area contributed by atoms with Crippen molar-refractivity contribution in [2.75, 3.05) is 24.6 Å². The number of anilines is 1. The molecule has 1 aliphatic heterocycles. The maximum atomic E-state index is 11.8. The van der Waals surface area contributed by atoms with Crippen LogP contribution in [0.5, 0.6) is 5.75 Å². The van der Waals surface area contributed by atoms with E-state index in [-0.39, 0.29) is 12.5 Å². The number of hydrogen-bond donors (Lipinski definition) is 0. The van der Waals surface area contributed by atoms with Gasteiger partial charge in [-0.05, 0) is 30.2 Å². The van der Waals surface area contributed by atoms with Gasteiger partial charge >= 0.3 is 0 Å². The summed E-state index contributed by atoms with van der Waals surface area (Å²) in [5.74, 6) is 0.614. The number of hydrogen-bond acceptors (Lipinski definition) is 3. The van der Waals surface area contributed by atoms with E-state index in [0.29, 0.717) is 25.3 Å². The Bertz CT molecular complexity index is 514. The molecule has 0 saturated carbocycles. The Labute approximate surface area is 112 Å². The van der Waals surface area contributed by atoms with E-state index in [1.807, 2.05) is 18.2 Å². The minimum absolute atomic E-state index is 0.0517. The Morgan fingerprint density at radius 1 is 1.56 bits per heavy atom. The molecule has 1 heterocycles. The van der Waals surface area contributed by atoms with Gasteiger partial charge in [-0.3, -0.25) is 4.79 Å². The van der Waals surface area contributed by atoms with Gasteiger partial charge in [0, 0.05) is 22.5 Å². The van der Waals surface area contributed by atoms with Gasteiger partial charge in [0.15, 0.2) is 6.61 Å². The van der Waals surface area contributed by atoms with Crippen LogP contribution in [0.3, 0.4) is 0 Å². The number of amides is 1. The molecule has 18 heavy (non-hydrogen) atoms. The molecule has 6 nitrogen and oxygen atoms in total. The molecule has 94 valence electrons. The van der Waals surface area contributed by atoms with Gasteiger partial charge in [-0.2, -0.15) is 0 Å². The van der Waals surface area contributed by atoms with E-state index in [1.165, 1.54) is 0 Å². The molecular weight excluding hydrogens is 300 g/mol. The zero-order chi connectivity index (χ0) is 13.0. The lowest BCUT2D eigenvalue weighted by Crippen LogP contribution is -2.39. The summed E-state index contributed by atoms with van der Waals surface area (Å²) in [7, 11) is 0. The Morgan fingerprint density at radius 2 is 2.39 bits per heavy atom. The summed E-state index contributed by atoms with van der Waals surface area (Å²) < 4.78 is 6.24. The van der Waals surface area contributed by atoms with Crippen molar-refractivity contribution in [1.82, 2.24) is 0 Å². The predicted molar refractivity (Wildman–Crippen MR) is 70.6 cm³/mol. The fourth-order valence-corrected chi connectivity index (χ4v) is 2.11. The van der Waals surface area contributed by atoms with Crippen LogP contribution in [0.15, 0.2) is 27.8 Å². The molecule has 0 aliphatic carbocycles. The summed E-state index contributed by atoms with van der Waals surface area (Å²) in [6.07, 6.45) is 0.627. The van der Waals surface area contributed by atoms with Gasteiger partial charge in [-0.25, -0.2) is 0 Å². The number of halogens is 1. The van der Waals surface area contributed by atoms with Gasteiger partial charge in [0.1, 0.15) is 5.75 Å². The van der Waals surface area contributed by atoms with Gasteiger partial charge in [0.05, 0.1) is 5.69 Å². The Balaban J connectivity index is 2.16. The lowest BCUT2D eigenvalue weighted by molar-refractivity contribution is -0.121. The number of rotatable bonds is 4. The van der Waals surface area contributed by atoms with Crippen LogP contribution < -0.4 is 9.64 Å². The van der Waals surface area contributed by atoms with Crippen molar-refractivity contribution >= 4 is 27.5 Å². The lowest BCUT2D eigenvalue weighted by Gasteiger charge is -2.29. The monoisotopic (exact) mass is 310 g/mol. The molecule has 0 saturated heterocycles. The van der Waals surface area contributed by atoms with Gasteiger partial charge in [-0.15, -0.1) is 0 Å². The van der Waals surface area contributed by atoms with Crippen LogP contribution in [0.1, 0.15) is 6.42 Å². The number of ether oxygens (including phenoxy) is 1. The maximum Gasteiger partial charge on any atom is 0.265 e. The first-order valence-corrected chi connectivity index (χ1v) is 6.25. The molecule has 2 rings (SSSR count). The summed E-state index contributed by atoms with van der Waals surface area (Å²) in [5.41, 5.74) is 8.95. The molecule has 0 bridgehead atoms. The zero-order valence-corrected chi connectivity index (χ0v) is 11.1. The summed E-state index contributed by atoms with van der Waals surface area (Å²) in [5, 5.41) is 3.46. The first-order chi connectivity index (χ1) is 8.72. The maximum absolute atomic E-state index is 11.8. The fraction of sp³-hybridized carbons (Fsp3) is 0.364. The molecule has 1 aliphatic rings. The Kier molecular flexibility index (Phi) is 4.07. The topological polar surface area (TPSA) is 78.3 Å². The number of carbonyl (C=O) groups excluding carboxylic acids is 1. The van der Waals surface area contributed by atoms with Crippen LogP contribution in [-0.2, 0) is 4.79 Å². The van der Waals surface area contributed by atoms with Crippen LogP contribution >= 0.6 is 15.9 Å². The van der Waals surface area contributed by atoms with Gasteiger partial charge in [-0.1, -0.05) is 21.0 Å². The van der Waals surface area contributed by atoms with Crippen molar-refractivity contribution in [3.8, 4) is 5.75 Å². The quantitative estimate of drug-likeness (QED) is 0.371. The standard InChI is InChI=1S/C11H11BrN4O2/c12-8-2-3-10-9(6-8)16(11(17)7-18-10)5-1-4-14-15-13/h2-3,6H,1,4-5,7H2. The molecule has 0 radical (unpaired) electrons. The Morgan fingerprint density at radius 3 is 3.17 bits per heavy atom. The third-order valence-corrected chi connectivity index (χ3v) is 3.06. The summed E-state index contributed by atoms with van der Waals surface area (Å²) >= 11 is 3.37. The second-order valence-corrected chi connectivity index (χ2v) is 4.67. The second kappa shape index (κ2) is 5.75. The number of nitrogens with zero attached hydrogens (tertiary/aromatic N) is 4. The first-order valence-electron chi connectivity index (χ1n) is 5.46. The smallest absolute Gasteiger partial charge is 0.265 e. The molecule has 0 N–H and O–H groups in total. The molecular formula is C11H11BrN4O2. The zero-order valence-electron chi connectivity index (χ0n) is 9.54. The second-order valence-electron chi connectivity index (χ2n) is 3.75. The minimum atomic E-state index is -0.0819. The van der Waals surface area contributed by atoms with Crippen LogP contribution in [-0.4, -0.2) is 25.6 Å². The summed E-state index contributed by atoms with van der Waals surface area (Å²) in [4.78, 5) is 16.2. The lowest BCUT2D eigenvalue weighted by atomic mass is 10.2. The van der Waals surface area contributed by atoms with Crippen molar-refractivity contribution in [2.24, 2.45) is 5.11 Å². The number of benzene rings is 1. The highest BCUT2D eigenvalue weighted by atomic mass is 79.9. The molecule has 1 aromatic carbocycles. The van der Waals surface area contributed by atoms with Crippen molar-refractivity contribution in [2.45, 2.75) is 6.42 Å². The predicted octanol–water partition coefficient (Wildman–Crippen LogP) is 2.87. The average Bonchev–Trinajstić information content (AvgIpc) is 2.36. The molecule has 0 aromatic heterocycles. The van der Waals surface area contributed by atoms with E-state index in [1.54, 1.807) is 4.90 Å². The van der Waals surface area contributed by atoms with Gasteiger partial charge in [0.2, 0.25) is 0 Å². The highest BCUT2D eigenvalue weighted by molar-refractivity contribution is 9.10. The highest BCUT2D eigenvalue weighted by Gasteiger charge is 2.24. The van der Waals surface area contributed by atoms with Crippen molar-refractivity contribution in [3.63, 3.8) is 0 Å². The van der Waals surface area contributed by atoms with Crippen LogP contribution in [0, 0.1) is 0 Å². The van der Waals surface area contributed by atoms with Crippen molar-refractivity contribution < 1.29 is 9.53 Å². The third-order valence-electron chi connectivity index (χ3n) is 2.57. The molecule has 0 atom stereocenters. The van der Waals surface area contributed by atoms with Crippen LogP contribution in [0.4, 0.5) is 5.69 Å². The molecule has 0 spiro atoms. The van der Waals surface area contributed by atoms with E-state index in [0.717, 1.165) is 10.2 Å². The summed E-state index contributed by atoms with van der Waals surface area (Å²) in [6, 6.07) is 5.54. The molecule has 7 heteroatoms. The first kappa shape index (κ1) is 12.7. The molecule has 0 fully saturated rings. The highest BCUT2D eigenvalue weighted by Crippen LogP contribution is 2.34. The largest absolute Gasteiger partial charge is 0.482 e. The van der Waals surface area contributed by atoms with E-state index >= 15 is 0 Å². The molecule has 0 unspecified atom stereocenters. The normalized spacial score (nSPS) is 13.6. The van der Waals surface area contributed by atoms with Crippen molar-refractivity contribution in [3.05, 3.63) is 33.1 Å². The molecule has 1 aromatic rings. The number of azide groups is 1. The number of carbonyl (C=O) groups is 1. The minimum Gasteiger partial charge on any atom is -0.482 e. The van der Waals surface area contributed by atoms with Crippen molar-refractivity contribution in [1.29, 1.82) is 0 Å². The fourth-order valence-electron chi connectivity index (χ4n) is 1.76. The number of fused-ring (bicyclic) bond motifs is 1. The van der Waals surface area contributed by atoms with Gasteiger partial charge < -0.3 is 9.64 Å². The van der Waals surface area contributed by atoms with Crippen LogP contribution in [0.2, 0.25) is 0 Å². The summed E-state index contributed by atoms with van der Waals surface area (Å²) in [6.45, 7) is 0.950. The van der Waals surface area contributed by atoms with Crippen LogP contribution in [0.25, 0.3) is 10.4 Å². The Hall–Kier alpha value is -1.72. The van der Waals surface area contributed by atoms with E-state index in [9.17, 15) is 4.79 Å². The molecule has 1 amide bonds.